The van der Waals surface area contributed by atoms with Crippen molar-refractivity contribution in [1.82, 2.24) is 10.3 Å². The highest BCUT2D eigenvalue weighted by atomic mass is 79.9. The molecule has 0 saturated heterocycles. The summed E-state index contributed by atoms with van der Waals surface area (Å²) >= 11 is 6.36. The quantitative estimate of drug-likeness (QED) is 0.734. The number of aromatic nitrogens is 1. The largest absolute Gasteiger partial charge is 0.382 e. The highest BCUT2D eigenvalue weighted by Gasteiger charge is 2.21. The van der Waals surface area contributed by atoms with Crippen LogP contribution in [-0.2, 0) is 6.54 Å². The zero-order valence-corrected chi connectivity index (χ0v) is 14.4. The number of hydrogen-bond donors (Lipinski definition) is 3. The van der Waals surface area contributed by atoms with E-state index in [1.54, 1.807) is 11.3 Å². The van der Waals surface area contributed by atoms with Gasteiger partial charge in [-0.3, -0.25) is 4.79 Å². The second kappa shape index (κ2) is 6.33. The minimum absolute atomic E-state index is 0.174. The van der Waals surface area contributed by atoms with Gasteiger partial charge in [0.15, 0.2) is 5.13 Å². The van der Waals surface area contributed by atoms with Crippen LogP contribution in [0.5, 0.6) is 0 Å². The van der Waals surface area contributed by atoms with Crippen molar-refractivity contribution in [3.63, 3.8) is 0 Å². The Morgan fingerprint density at radius 3 is 2.95 bits per heavy atom. The van der Waals surface area contributed by atoms with E-state index in [0.29, 0.717) is 23.3 Å². The average molecular weight is 387 g/mol. The first-order valence-electron chi connectivity index (χ1n) is 6.66. The van der Waals surface area contributed by atoms with E-state index in [1.807, 2.05) is 11.4 Å². The molecule has 3 rings (SSSR count). The van der Waals surface area contributed by atoms with Crippen LogP contribution in [0.1, 0.15) is 33.8 Å². The van der Waals surface area contributed by atoms with Crippen LogP contribution in [0.3, 0.4) is 0 Å². The molecule has 0 bridgehead atoms. The van der Waals surface area contributed by atoms with Crippen LogP contribution in [0.25, 0.3) is 0 Å². The second-order valence-corrected chi connectivity index (χ2v) is 7.73. The number of carbonyl (C=O) groups is 1. The van der Waals surface area contributed by atoms with Crippen LogP contribution in [0.2, 0.25) is 0 Å². The number of nitrogens with zero attached hydrogens (tertiary/aromatic N) is 1. The molecule has 2 heterocycles. The number of amides is 1. The smallest absolute Gasteiger partial charge is 0.265 e. The zero-order valence-electron chi connectivity index (χ0n) is 11.2. The number of thiophene rings is 1. The molecule has 8 heteroatoms. The molecule has 0 aromatic carbocycles. The lowest BCUT2D eigenvalue weighted by Gasteiger charge is -2.25. The van der Waals surface area contributed by atoms with Gasteiger partial charge in [-0.1, -0.05) is 11.3 Å². The number of carbonyl (C=O) groups excluding carboxylic acids is 1. The lowest BCUT2D eigenvalue weighted by Crippen LogP contribution is -2.26. The van der Waals surface area contributed by atoms with Crippen molar-refractivity contribution in [2.75, 3.05) is 11.1 Å². The van der Waals surface area contributed by atoms with E-state index < -0.39 is 0 Å². The SMILES string of the molecule is Nc1nc(NC2CCC2)sc1C(=O)NCc1sccc1Br. The summed E-state index contributed by atoms with van der Waals surface area (Å²) in [6.45, 7) is 0.486. The molecular weight excluding hydrogens is 372 g/mol. The Bertz CT molecular complexity index is 650. The van der Waals surface area contributed by atoms with Gasteiger partial charge >= 0.3 is 0 Å². The van der Waals surface area contributed by atoms with E-state index in [1.165, 1.54) is 17.8 Å². The van der Waals surface area contributed by atoms with Crippen molar-refractivity contribution in [3.8, 4) is 0 Å². The molecule has 1 fully saturated rings. The maximum Gasteiger partial charge on any atom is 0.265 e. The van der Waals surface area contributed by atoms with E-state index in [-0.39, 0.29) is 5.91 Å². The minimum Gasteiger partial charge on any atom is -0.382 e. The monoisotopic (exact) mass is 386 g/mol. The van der Waals surface area contributed by atoms with Crippen LogP contribution < -0.4 is 16.4 Å². The summed E-state index contributed by atoms with van der Waals surface area (Å²) in [6.07, 6.45) is 3.57. The Morgan fingerprint density at radius 1 is 1.52 bits per heavy atom. The average Bonchev–Trinajstić information content (AvgIpc) is 2.97. The highest BCUT2D eigenvalue weighted by molar-refractivity contribution is 9.10. The number of anilines is 2. The van der Waals surface area contributed by atoms with E-state index >= 15 is 0 Å². The molecular formula is C13H15BrN4OS2. The van der Waals surface area contributed by atoms with Gasteiger partial charge in [-0.2, -0.15) is 0 Å². The Morgan fingerprint density at radius 2 is 2.33 bits per heavy atom. The number of nitrogens with one attached hydrogen (secondary N) is 2. The zero-order chi connectivity index (χ0) is 14.8. The molecule has 0 spiro atoms. The van der Waals surface area contributed by atoms with Gasteiger partial charge in [0.05, 0.1) is 6.54 Å². The lowest BCUT2D eigenvalue weighted by molar-refractivity contribution is 0.0956. The molecule has 0 atom stereocenters. The van der Waals surface area contributed by atoms with Crippen molar-refractivity contribution >= 4 is 55.5 Å². The van der Waals surface area contributed by atoms with E-state index in [2.05, 4.69) is 31.5 Å². The Kier molecular flexibility index (Phi) is 4.46. The first-order chi connectivity index (χ1) is 10.1. The molecule has 2 aromatic rings. The number of hydrogen-bond acceptors (Lipinski definition) is 6. The van der Waals surface area contributed by atoms with Gasteiger partial charge in [-0.05, 0) is 46.6 Å². The maximum atomic E-state index is 12.2. The third kappa shape index (κ3) is 3.38. The fraction of sp³-hybridized carbons (Fsp3) is 0.385. The van der Waals surface area contributed by atoms with E-state index in [4.69, 9.17) is 5.73 Å². The minimum atomic E-state index is -0.174. The summed E-state index contributed by atoms with van der Waals surface area (Å²) in [5, 5.41) is 8.91. The summed E-state index contributed by atoms with van der Waals surface area (Å²) in [5.41, 5.74) is 5.85. The van der Waals surface area contributed by atoms with Gasteiger partial charge in [-0.25, -0.2) is 4.98 Å². The van der Waals surface area contributed by atoms with Crippen molar-refractivity contribution < 1.29 is 4.79 Å². The molecule has 1 saturated carbocycles. The summed E-state index contributed by atoms with van der Waals surface area (Å²) in [5.74, 6) is 0.122. The Balaban J connectivity index is 1.62. The molecule has 0 unspecified atom stereocenters. The van der Waals surface area contributed by atoms with Crippen molar-refractivity contribution in [2.24, 2.45) is 0 Å². The molecule has 21 heavy (non-hydrogen) atoms. The standard InChI is InChI=1S/C13H15BrN4OS2/c14-8-4-5-20-9(8)6-16-12(19)10-11(15)18-13(21-10)17-7-2-1-3-7/h4-5,7H,1-3,6,15H2,(H,16,19)(H,17,18). The first kappa shape index (κ1) is 14.8. The van der Waals surface area contributed by atoms with Gasteiger partial charge in [0.25, 0.3) is 5.91 Å². The summed E-state index contributed by atoms with van der Waals surface area (Å²) in [4.78, 5) is 18.0. The predicted molar refractivity (Wildman–Crippen MR) is 91.0 cm³/mol. The molecule has 1 aliphatic rings. The molecule has 1 aliphatic carbocycles. The van der Waals surface area contributed by atoms with Gasteiger partial charge in [0.2, 0.25) is 0 Å². The fourth-order valence-electron chi connectivity index (χ4n) is 1.98. The predicted octanol–water partition coefficient (Wildman–Crippen LogP) is 3.44. The molecule has 2 aromatic heterocycles. The first-order valence-corrected chi connectivity index (χ1v) is 9.15. The molecule has 5 nitrogen and oxygen atoms in total. The molecule has 0 aliphatic heterocycles. The van der Waals surface area contributed by atoms with Gasteiger partial charge in [-0.15, -0.1) is 11.3 Å². The van der Waals surface area contributed by atoms with E-state index in [0.717, 1.165) is 27.3 Å². The van der Waals surface area contributed by atoms with Crippen molar-refractivity contribution in [3.05, 3.63) is 25.7 Å². The van der Waals surface area contributed by atoms with Crippen LogP contribution in [0, 0.1) is 0 Å². The third-order valence-electron chi connectivity index (χ3n) is 3.39. The van der Waals surface area contributed by atoms with Crippen LogP contribution in [0.15, 0.2) is 15.9 Å². The normalized spacial score (nSPS) is 14.7. The number of nitrogens with two attached hydrogens (primary N) is 1. The van der Waals surface area contributed by atoms with Crippen LogP contribution in [-0.4, -0.2) is 16.9 Å². The number of halogens is 1. The van der Waals surface area contributed by atoms with Gasteiger partial charge in [0.1, 0.15) is 10.7 Å². The number of rotatable bonds is 5. The Hall–Kier alpha value is -1.12. The third-order valence-corrected chi connectivity index (χ3v) is 6.32. The summed E-state index contributed by atoms with van der Waals surface area (Å²) < 4.78 is 1.01. The fourth-order valence-corrected chi connectivity index (χ4v) is 4.29. The molecule has 4 N–H and O–H groups in total. The summed E-state index contributed by atoms with van der Waals surface area (Å²) in [6, 6.07) is 2.45. The second-order valence-electron chi connectivity index (χ2n) is 4.88. The van der Waals surface area contributed by atoms with Crippen LogP contribution >= 0.6 is 38.6 Å². The lowest BCUT2D eigenvalue weighted by atomic mass is 9.93. The molecule has 112 valence electrons. The van der Waals surface area contributed by atoms with Gasteiger partial charge < -0.3 is 16.4 Å². The molecule has 1 amide bonds. The van der Waals surface area contributed by atoms with Crippen molar-refractivity contribution in [2.45, 2.75) is 31.8 Å². The maximum absolute atomic E-state index is 12.2. The highest BCUT2D eigenvalue weighted by Crippen LogP contribution is 2.29. The number of nitrogen functional groups attached to an aromatic ring is 1. The number of thiazole rings is 1. The molecule has 0 radical (unpaired) electrons. The summed E-state index contributed by atoms with van der Waals surface area (Å²) in [7, 11) is 0. The van der Waals surface area contributed by atoms with Gasteiger partial charge in [0, 0.05) is 15.4 Å². The van der Waals surface area contributed by atoms with E-state index in [9.17, 15) is 4.79 Å². The topological polar surface area (TPSA) is 80.0 Å². The van der Waals surface area contributed by atoms with Crippen molar-refractivity contribution in [1.29, 1.82) is 0 Å². The van der Waals surface area contributed by atoms with Crippen LogP contribution in [0.4, 0.5) is 10.9 Å². The Labute approximate surface area is 139 Å².